The largest absolute Gasteiger partial charge is 0.416 e. The average molecular weight is 361 g/mol. The van der Waals surface area contributed by atoms with Crippen LogP contribution in [0.5, 0.6) is 5.75 Å². The molecule has 23 heavy (non-hydrogen) atoms. The molecule has 2 aromatic carbocycles. The molecule has 0 aliphatic rings. The van der Waals surface area contributed by atoms with Crippen LogP contribution >= 0.6 is 23.8 Å². The highest BCUT2D eigenvalue weighted by atomic mass is 35.5. The van der Waals surface area contributed by atoms with Gasteiger partial charge in [-0.15, -0.1) is 0 Å². The lowest BCUT2D eigenvalue weighted by molar-refractivity contribution is -0.137. The lowest BCUT2D eigenvalue weighted by Crippen LogP contribution is -2.37. The van der Waals surface area contributed by atoms with E-state index in [1.807, 2.05) is 30.3 Å². The fraction of sp³-hybridized carbons (Fsp3) is 0.133. The molecule has 3 nitrogen and oxygen atoms in total. The second-order valence-electron chi connectivity index (χ2n) is 4.59. The van der Waals surface area contributed by atoms with Crippen LogP contribution in [-0.4, -0.2) is 10.2 Å². The van der Waals surface area contributed by atoms with Gasteiger partial charge in [0.05, 0.1) is 17.1 Å². The van der Waals surface area contributed by atoms with Crippen LogP contribution in [0.2, 0.25) is 5.02 Å². The molecule has 2 aromatic rings. The van der Waals surface area contributed by atoms with Crippen molar-refractivity contribution in [3.05, 3.63) is 64.7 Å². The van der Waals surface area contributed by atoms with E-state index in [-0.39, 0.29) is 22.4 Å². The summed E-state index contributed by atoms with van der Waals surface area (Å²) in [6, 6.07) is 12.0. The van der Waals surface area contributed by atoms with Crippen LogP contribution in [0.15, 0.2) is 48.5 Å². The van der Waals surface area contributed by atoms with Gasteiger partial charge in [-0.3, -0.25) is 0 Å². The summed E-state index contributed by atoms with van der Waals surface area (Å²) >= 11 is 10.8. The molecule has 2 N–H and O–H groups in total. The maximum Gasteiger partial charge on any atom is 0.416 e. The highest BCUT2D eigenvalue weighted by Gasteiger charge is 2.31. The summed E-state index contributed by atoms with van der Waals surface area (Å²) in [7, 11) is 0. The predicted molar refractivity (Wildman–Crippen MR) is 85.9 cm³/mol. The van der Waals surface area contributed by atoms with Crippen LogP contribution in [-0.2, 0) is 12.7 Å². The van der Waals surface area contributed by atoms with E-state index >= 15 is 0 Å². The van der Waals surface area contributed by atoms with Crippen LogP contribution in [0, 0.1) is 0 Å². The highest BCUT2D eigenvalue weighted by molar-refractivity contribution is 7.80. The quantitative estimate of drug-likeness (QED) is 0.648. The minimum atomic E-state index is -4.48. The molecule has 0 atom stereocenters. The van der Waals surface area contributed by atoms with Gasteiger partial charge in [-0.2, -0.15) is 18.2 Å². The molecule has 0 spiro atoms. The van der Waals surface area contributed by atoms with Gasteiger partial charge in [0.1, 0.15) is 0 Å². The molecule has 0 aliphatic heterocycles. The second-order valence-corrected chi connectivity index (χ2v) is 5.42. The lowest BCUT2D eigenvalue weighted by Gasteiger charge is -2.23. The van der Waals surface area contributed by atoms with Crippen molar-refractivity contribution in [2.45, 2.75) is 12.7 Å². The normalized spacial score (nSPS) is 11.1. The fourth-order valence-corrected chi connectivity index (χ4v) is 2.09. The number of thiocarbonyl (C=S) groups is 1. The molecule has 8 heteroatoms. The van der Waals surface area contributed by atoms with E-state index in [0.717, 1.165) is 23.8 Å². The van der Waals surface area contributed by atoms with Crippen LogP contribution in [0.1, 0.15) is 11.1 Å². The van der Waals surface area contributed by atoms with Gasteiger partial charge in [0.15, 0.2) is 5.75 Å². The van der Waals surface area contributed by atoms with Gasteiger partial charge in [0.2, 0.25) is 5.11 Å². The first-order chi connectivity index (χ1) is 10.8. The Hall–Kier alpha value is -1.99. The van der Waals surface area contributed by atoms with Crippen molar-refractivity contribution in [3.63, 3.8) is 0 Å². The molecule has 0 amide bonds. The molecule has 0 bridgehead atoms. The van der Waals surface area contributed by atoms with Crippen LogP contribution in [0.3, 0.4) is 0 Å². The van der Waals surface area contributed by atoms with Gasteiger partial charge >= 0.3 is 6.18 Å². The highest BCUT2D eigenvalue weighted by Crippen LogP contribution is 2.35. The minimum absolute atomic E-state index is 0.0309. The standard InChI is InChI=1S/C15H12ClF3N2OS/c16-12-8-11(15(17,18)19)6-7-13(12)22-21(14(20)23)9-10-4-2-1-3-5-10/h1-8H,9H2,(H2,20,23). The monoisotopic (exact) mass is 360 g/mol. The maximum absolute atomic E-state index is 12.6. The van der Waals surface area contributed by atoms with Crippen LogP contribution in [0.4, 0.5) is 13.2 Å². The van der Waals surface area contributed by atoms with Gasteiger partial charge in [-0.1, -0.05) is 41.9 Å². The zero-order chi connectivity index (χ0) is 17.0. The Labute approximate surface area is 141 Å². The lowest BCUT2D eigenvalue weighted by atomic mass is 10.2. The van der Waals surface area contributed by atoms with Gasteiger partial charge in [-0.05, 0) is 36.0 Å². The number of hydroxylamine groups is 2. The molecule has 2 rings (SSSR count). The fourth-order valence-electron chi connectivity index (χ4n) is 1.77. The van der Waals surface area contributed by atoms with Gasteiger partial charge < -0.3 is 10.6 Å². The molecule has 0 radical (unpaired) electrons. The third-order valence-electron chi connectivity index (χ3n) is 2.88. The van der Waals surface area contributed by atoms with Crippen molar-refractivity contribution in [2.75, 3.05) is 0 Å². The van der Waals surface area contributed by atoms with Gasteiger partial charge in [0, 0.05) is 0 Å². The molecule has 0 saturated carbocycles. The predicted octanol–water partition coefficient (Wildman–Crippen LogP) is 4.40. The van der Waals surface area contributed by atoms with Gasteiger partial charge in [-0.25, -0.2) is 0 Å². The smallest absolute Gasteiger partial charge is 0.375 e. The molecule has 0 heterocycles. The number of halogens is 4. The van der Waals surface area contributed by atoms with E-state index < -0.39 is 11.7 Å². The SMILES string of the molecule is NC(=S)N(Cc1ccccc1)Oc1ccc(C(F)(F)F)cc1Cl. The molecule has 0 aromatic heterocycles. The molecule has 0 unspecified atom stereocenters. The molecular formula is C15H12ClF3N2OS. The third kappa shape index (κ3) is 4.74. The Balaban J connectivity index is 2.19. The topological polar surface area (TPSA) is 38.5 Å². The van der Waals surface area contributed by atoms with Gasteiger partial charge in [0.25, 0.3) is 0 Å². The van der Waals surface area contributed by atoms with Crippen molar-refractivity contribution in [1.29, 1.82) is 0 Å². The van der Waals surface area contributed by atoms with Crippen LogP contribution < -0.4 is 10.6 Å². The van der Waals surface area contributed by atoms with Crippen molar-refractivity contribution in [1.82, 2.24) is 5.06 Å². The summed E-state index contributed by atoms with van der Waals surface area (Å²) in [5.41, 5.74) is 5.59. The number of hydrogen-bond donors (Lipinski definition) is 1. The number of alkyl halides is 3. The molecule has 122 valence electrons. The van der Waals surface area contributed by atoms with E-state index in [1.165, 1.54) is 5.06 Å². The zero-order valence-corrected chi connectivity index (χ0v) is 13.3. The van der Waals surface area contributed by atoms with Crippen LogP contribution in [0.25, 0.3) is 0 Å². The van der Waals surface area contributed by atoms with Crippen molar-refractivity contribution >= 4 is 28.9 Å². The molecule has 0 aliphatic carbocycles. The van der Waals surface area contributed by atoms with E-state index in [4.69, 9.17) is 34.4 Å². The van der Waals surface area contributed by atoms with Crippen molar-refractivity contribution in [3.8, 4) is 5.75 Å². The average Bonchev–Trinajstić information content (AvgIpc) is 2.48. The van der Waals surface area contributed by atoms with E-state index in [1.54, 1.807) is 0 Å². The first-order valence-electron chi connectivity index (χ1n) is 6.43. The van der Waals surface area contributed by atoms with E-state index in [2.05, 4.69) is 0 Å². The molecule has 0 fully saturated rings. The van der Waals surface area contributed by atoms with E-state index in [0.29, 0.717) is 0 Å². The Bertz CT molecular complexity index is 695. The number of rotatable bonds is 4. The Morgan fingerprint density at radius 1 is 1.17 bits per heavy atom. The zero-order valence-electron chi connectivity index (χ0n) is 11.7. The minimum Gasteiger partial charge on any atom is -0.375 e. The number of benzene rings is 2. The number of hydrogen-bond acceptors (Lipinski definition) is 2. The summed E-state index contributed by atoms with van der Waals surface area (Å²) < 4.78 is 37.9. The summed E-state index contributed by atoms with van der Waals surface area (Å²) in [5, 5.41) is 0.929. The van der Waals surface area contributed by atoms with E-state index in [9.17, 15) is 13.2 Å². The molecule has 0 saturated heterocycles. The summed E-state index contributed by atoms with van der Waals surface area (Å²) in [6.45, 7) is 0.230. The maximum atomic E-state index is 12.6. The second kappa shape index (κ2) is 7.06. The number of nitrogens with two attached hydrogens (primary N) is 1. The Kier molecular flexibility index (Phi) is 5.33. The first-order valence-corrected chi connectivity index (χ1v) is 7.21. The summed E-state index contributed by atoms with van der Waals surface area (Å²) in [4.78, 5) is 5.45. The van der Waals surface area contributed by atoms with Crippen molar-refractivity contribution in [2.24, 2.45) is 5.73 Å². The Morgan fingerprint density at radius 2 is 1.83 bits per heavy atom. The third-order valence-corrected chi connectivity index (χ3v) is 3.38. The summed E-state index contributed by atoms with van der Waals surface area (Å²) in [6.07, 6.45) is -4.48. The summed E-state index contributed by atoms with van der Waals surface area (Å²) in [5.74, 6) is 0.0309. The number of nitrogens with zero attached hydrogens (tertiary/aromatic N) is 1. The van der Waals surface area contributed by atoms with Crippen molar-refractivity contribution < 1.29 is 18.0 Å². The Morgan fingerprint density at radius 3 is 2.35 bits per heavy atom. The molecular weight excluding hydrogens is 349 g/mol. The first kappa shape index (κ1) is 17.4.